The smallest absolute Gasteiger partial charge is 0.228 e. The fraction of sp³-hybridized carbons (Fsp3) is 0.111. The molecule has 4 rings (SSSR count). The molecular formula is C27H21F3N2O2S. The van der Waals surface area contributed by atoms with Crippen LogP contribution in [0.15, 0.2) is 83.9 Å². The standard InChI is InChI=1S/C27H21F3N2O2S/c1-2-35-21-8-3-17(4-9-21)13-27(33)32-19-6-10-22(18-5-12-26(30)31-16-18)25(14-19)34-20-7-11-23(28)24(29)15-20/h3-12,14-16H,2,13H2,1H3,(H,32,33). The average molecular weight is 495 g/mol. The summed E-state index contributed by atoms with van der Waals surface area (Å²) in [5, 5.41) is 2.83. The third kappa shape index (κ3) is 6.42. The van der Waals surface area contributed by atoms with Gasteiger partial charge in [0.25, 0.3) is 0 Å². The Morgan fingerprint density at radius 2 is 1.74 bits per heavy atom. The predicted octanol–water partition coefficient (Wildman–Crippen LogP) is 7.25. The summed E-state index contributed by atoms with van der Waals surface area (Å²) in [5.74, 6) is -1.63. The second kappa shape index (κ2) is 11.1. The van der Waals surface area contributed by atoms with E-state index in [-0.39, 0.29) is 23.8 Å². The molecule has 0 bridgehead atoms. The first-order valence-corrected chi connectivity index (χ1v) is 11.8. The number of hydrogen-bond acceptors (Lipinski definition) is 4. The largest absolute Gasteiger partial charge is 0.457 e. The minimum atomic E-state index is -1.06. The summed E-state index contributed by atoms with van der Waals surface area (Å²) in [6, 6.07) is 18.6. The van der Waals surface area contributed by atoms with E-state index < -0.39 is 17.6 Å². The molecule has 35 heavy (non-hydrogen) atoms. The van der Waals surface area contributed by atoms with Crippen LogP contribution in [-0.4, -0.2) is 16.6 Å². The van der Waals surface area contributed by atoms with Crippen LogP contribution in [0.5, 0.6) is 11.5 Å². The van der Waals surface area contributed by atoms with Gasteiger partial charge in [0.15, 0.2) is 11.6 Å². The Labute approximate surface area is 205 Å². The average Bonchev–Trinajstić information content (AvgIpc) is 2.84. The van der Waals surface area contributed by atoms with Crippen molar-refractivity contribution in [2.45, 2.75) is 18.2 Å². The van der Waals surface area contributed by atoms with Crippen LogP contribution in [0.1, 0.15) is 12.5 Å². The number of pyridine rings is 1. The summed E-state index contributed by atoms with van der Waals surface area (Å²) in [7, 11) is 0. The van der Waals surface area contributed by atoms with E-state index in [4.69, 9.17) is 4.74 Å². The number of aromatic nitrogens is 1. The molecule has 0 spiro atoms. The van der Waals surface area contributed by atoms with Crippen molar-refractivity contribution in [1.29, 1.82) is 0 Å². The summed E-state index contributed by atoms with van der Waals surface area (Å²) in [5.41, 5.74) is 2.40. The van der Waals surface area contributed by atoms with E-state index >= 15 is 0 Å². The zero-order valence-electron chi connectivity index (χ0n) is 18.7. The fourth-order valence-electron chi connectivity index (χ4n) is 3.39. The zero-order valence-corrected chi connectivity index (χ0v) is 19.5. The van der Waals surface area contributed by atoms with Crippen LogP contribution in [0.4, 0.5) is 18.9 Å². The van der Waals surface area contributed by atoms with Gasteiger partial charge < -0.3 is 10.1 Å². The number of hydrogen-bond donors (Lipinski definition) is 1. The highest BCUT2D eigenvalue weighted by atomic mass is 32.2. The number of nitrogens with one attached hydrogen (secondary N) is 1. The van der Waals surface area contributed by atoms with Crippen molar-refractivity contribution in [3.63, 3.8) is 0 Å². The number of rotatable bonds is 8. The molecular weight excluding hydrogens is 473 g/mol. The van der Waals surface area contributed by atoms with E-state index in [2.05, 4.69) is 17.2 Å². The quantitative estimate of drug-likeness (QED) is 0.207. The van der Waals surface area contributed by atoms with Crippen molar-refractivity contribution in [3.05, 3.63) is 102 Å². The molecule has 1 heterocycles. The SMILES string of the molecule is CCSc1ccc(CC(=O)Nc2ccc(-c3ccc(F)nc3)c(Oc3ccc(F)c(F)c3)c2)cc1. The maximum Gasteiger partial charge on any atom is 0.228 e. The number of benzene rings is 3. The van der Waals surface area contributed by atoms with E-state index in [0.717, 1.165) is 28.3 Å². The van der Waals surface area contributed by atoms with Gasteiger partial charge in [0, 0.05) is 40.0 Å². The summed E-state index contributed by atoms with van der Waals surface area (Å²) in [6.45, 7) is 2.08. The van der Waals surface area contributed by atoms with Crippen molar-refractivity contribution >= 4 is 23.4 Å². The molecule has 0 atom stereocenters. The van der Waals surface area contributed by atoms with E-state index in [1.807, 2.05) is 24.3 Å². The molecule has 178 valence electrons. The van der Waals surface area contributed by atoms with Crippen LogP contribution < -0.4 is 10.1 Å². The third-order valence-corrected chi connectivity index (χ3v) is 5.92. The maximum absolute atomic E-state index is 13.7. The molecule has 3 aromatic carbocycles. The minimum absolute atomic E-state index is 0.0636. The van der Waals surface area contributed by atoms with Crippen molar-refractivity contribution in [3.8, 4) is 22.6 Å². The summed E-state index contributed by atoms with van der Waals surface area (Å²) in [4.78, 5) is 17.4. The van der Waals surface area contributed by atoms with Crippen molar-refractivity contribution in [1.82, 2.24) is 4.98 Å². The molecule has 0 aliphatic carbocycles. The van der Waals surface area contributed by atoms with E-state index in [0.29, 0.717) is 16.8 Å². The van der Waals surface area contributed by atoms with Crippen LogP contribution in [0.2, 0.25) is 0 Å². The molecule has 1 aromatic heterocycles. The molecule has 4 aromatic rings. The Bertz CT molecular complexity index is 1330. The predicted molar refractivity (Wildman–Crippen MR) is 131 cm³/mol. The molecule has 8 heteroatoms. The Kier molecular flexibility index (Phi) is 7.72. The van der Waals surface area contributed by atoms with Gasteiger partial charge in [0.1, 0.15) is 11.5 Å². The lowest BCUT2D eigenvalue weighted by Gasteiger charge is -2.14. The Hall–Kier alpha value is -3.78. The second-order valence-corrected chi connectivity index (χ2v) is 8.90. The molecule has 0 aliphatic heterocycles. The van der Waals surface area contributed by atoms with Crippen LogP contribution in [0.25, 0.3) is 11.1 Å². The van der Waals surface area contributed by atoms with Gasteiger partial charge in [-0.3, -0.25) is 4.79 Å². The number of ether oxygens (including phenoxy) is 1. The molecule has 1 amide bonds. The Morgan fingerprint density at radius 3 is 2.43 bits per heavy atom. The van der Waals surface area contributed by atoms with Gasteiger partial charge in [-0.05, 0) is 59.8 Å². The van der Waals surface area contributed by atoms with Gasteiger partial charge in [-0.15, -0.1) is 11.8 Å². The normalized spacial score (nSPS) is 10.7. The van der Waals surface area contributed by atoms with E-state index in [9.17, 15) is 18.0 Å². The van der Waals surface area contributed by atoms with E-state index in [1.54, 1.807) is 30.0 Å². The molecule has 4 nitrogen and oxygen atoms in total. The molecule has 0 fully saturated rings. The maximum atomic E-state index is 13.7. The molecule has 0 saturated heterocycles. The van der Waals surface area contributed by atoms with Gasteiger partial charge in [0.2, 0.25) is 11.9 Å². The minimum Gasteiger partial charge on any atom is -0.457 e. The van der Waals surface area contributed by atoms with Gasteiger partial charge >= 0.3 is 0 Å². The van der Waals surface area contributed by atoms with Gasteiger partial charge in [-0.25, -0.2) is 13.8 Å². The lowest BCUT2D eigenvalue weighted by atomic mass is 10.1. The van der Waals surface area contributed by atoms with Gasteiger partial charge in [-0.1, -0.05) is 19.1 Å². The first-order valence-electron chi connectivity index (χ1n) is 10.8. The highest BCUT2D eigenvalue weighted by molar-refractivity contribution is 7.99. The summed E-state index contributed by atoms with van der Waals surface area (Å²) < 4.78 is 46.2. The van der Waals surface area contributed by atoms with Crippen LogP contribution >= 0.6 is 11.8 Å². The van der Waals surface area contributed by atoms with Gasteiger partial charge in [-0.2, -0.15) is 4.39 Å². The topological polar surface area (TPSA) is 51.2 Å². The summed E-state index contributed by atoms with van der Waals surface area (Å²) in [6.07, 6.45) is 1.52. The van der Waals surface area contributed by atoms with E-state index in [1.165, 1.54) is 24.4 Å². The second-order valence-electron chi connectivity index (χ2n) is 7.56. The van der Waals surface area contributed by atoms with Crippen molar-refractivity contribution in [2.24, 2.45) is 0 Å². The molecule has 1 N–H and O–H groups in total. The highest BCUT2D eigenvalue weighted by Crippen LogP contribution is 2.36. The monoisotopic (exact) mass is 494 g/mol. The van der Waals surface area contributed by atoms with Crippen LogP contribution in [0.3, 0.4) is 0 Å². The molecule has 0 unspecified atom stereocenters. The van der Waals surface area contributed by atoms with Gasteiger partial charge in [0.05, 0.1) is 6.42 Å². The molecule has 0 aliphatic rings. The first kappa shape index (κ1) is 24.3. The zero-order chi connectivity index (χ0) is 24.8. The lowest BCUT2D eigenvalue weighted by Crippen LogP contribution is -2.14. The number of carbonyl (C=O) groups excluding carboxylic acids is 1. The van der Waals surface area contributed by atoms with Crippen molar-refractivity contribution in [2.75, 3.05) is 11.1 Å². The number of thioether (sulfide) groups is 1. The molecule has 0 saturated carbocycles. The summed E-state index contributed by atoms with van der Waals surface area (Å²) >= 11 is 1.73. The number of carbonyl (C=O) groups is 1. The Balaban J connectivity index is 1.57. The lowest BCUT2D eigenvalue weighted by molar-refractivity contribution is -0.115. The number of halogens is 3. The molecule has 0 radical (unpaired) electrons. The highest BCUT2D eigenvalue weighted by Gasteiger charge is 2.13. The number of amides is 1. The van der Waals surface area contributed by atoms with Crippen molar-refractivity contribution < 1.29 is 22.7 Å². The fourth-order valence-corrected chi connectivity index (χ4v) is 4.05. The Morgan fingerprint density at radius 1 is 0.943 bits per heavy atom. The number of anilines is 1. The third-order valence-electron chi connectivity index (χ3n) is 5.02. The first-order chi connectivity index (χ1) is 16.9. The number of nitrogens with zero attached hydrogens (tertiary/aromatic N) is 1. The van der Waals surface area contributed by atoms with Crippen LogP contribution in [-0.2, 0) is 11.2 Å². The van der Waals surface area contributed by atoms with Crippen LogP contribution in [0, 0.1) is 17.6 Å².